The lowest BCUT2D eigenvalue weighted by Crippen LogP contribution is -2.33. The minimum absolute atomic E-state index is 0.310. The molecule has 4 heterocycles. The van der Waals surface area contributed by atoms with Crippen LogP contribution in [0, 0.1) is 0 Å². The Labute approximate surface area is 196 Å². The van der Waals surface area contributed by atoms with E-state index in [1.165, 1.54) is 7.11 Å². The van der Waals surface area contributed by atoms with Gasteiger partial charge in [-0.15, -0.1) is 0 Å². The van der Waals surface area contributed by atoms with Gasteiger partial charge in [-0.2, -0.15) is 0 Å². The molecule has 0 bridgehead atoms. The molecule has 0 aliphatic carbocycles. The fourth-order valence-corrected chi connectivity index (χ4v) is 4.05. The number of benzene rings is 1. The number of nitrogens with one attached hydrogen (secondary N) is 1. The average Bonchev–Trinajstić information content (AvgIpc) is 2.91. The van der Waals surface area contributed by atoms with E-state index in [2.05, 4.69) is 15.4 Å². The Balaban J connectivity index is 1.53. The van der Waals surface area contributed by atoms with Crippen LogP contribution in [0.2, 0.25) is 0 Å². The lowest BCUT2D eigenvalue weighted by molar-refractivity contribution is -0.186. The molecule has 172 valence electrons. The molecule has 1 saturated heterocycles. The number of hydrogen-bond donors (Lipinski definition) is 1. The topological polar surface area (TPSA) is 95.5 Å². The average molecular weight is 457 g/mol. The highest BCUT2D eigenvalue weighted by atomic mass is 16.8. The van der Waals surface area contributed by atoms with Crippen LogP contribution >= 0.6 is 0 Å². The molecule has 1 aromatic carbocycles. The zero-order chi connectivity index (χ0) is 23.3. The molecule has 5 rings (SSSR count). The van der Waals surface area contributed by atoms with Gasteiger partial charge in [0.05, 0.1) is 18.2 Å². The van der Waals surface area contributed by atoms with Gasteiger partial charge in [0.25, 0.3) is 5.91 Å². The maximum atomic E-state index is 13.3. The monoisotopic (exact) mass is 456 g/mol. The lowest BCUT2D eigenvalue weighted by atomic mass is 10.0. The number of amides is 1. The molecule has 0 spiro atoms. The van der Waals surface area contributed by atoms with E-state index in [9.17, 15) is 4.79 Å². The molecule has 1 amide bonds. The van der Waals surface area contributed by atoms with Gasteiger partial charge in [0, 0.05) is 48.8 Å². The summed E-state index contributed by atoms with van der Waals surface area (Å²) in [6.07, 6.45) is 9.02. The van der Waals surface area contributed by atoms with Crippen LogP contribution in [0.4, 0.5) is 0 Å². The highest BCUT2D eigenvalue weighted by molar-refractivity contribution is 6.09. The number of fused-ring (bicyclic) bond motifs is 1. The van der Waals surface area contributed by atoms with E-state index >= 15 is 0 Å². The van der Waals surface area contributed by atoms with Gasteiger partial charge in [-0.3, -0.25) is 14.8 Å². The molecule has 1 aliphatic rings. The number of carbonyl (C=O) groups is 1. The Morgan fingerprint density at radius 3 is 2.44 bits per heavy atom. The number of ether oxygens (including phenoxy) is 2. The van der Waals surface area contributed by atoms with Crippen LogP contribution in [0.5, 0.6) is 5.75 Å². The van der Waals surface area contributed by atoms with Crippen LogP contribution in [0.3, 0.4) is 0 Å². The van der Waals surface area contributed by atoms with Gasteiger partial charge >= 0.3 is 0 Å². The van der Waals surface area contributed by atoms with Gasteiger partial charge < -0.3 is 9.47 Å². The van der Waals surface area contributed by atoms with E-state index < -0.39 is 12.2 Å². The summed E-state index contributed by atoms with van der Waals surface area (Å²) >= 11 is 0. The van der Waals surface area contributed by atoms with Crippen LogP contribution in [0.1, 0.15) is 29.6 Å². The quantitative estimate of drug-likeness (QED) is 0.425. The molecule has 1 unspecified atom stereocenters. The fraction of sp³-hybridized carbons (Fsp3) is 0.231. The first-order chi connectivity index (χ1) is 16.7. The zero-order valence-corrected chi connectivity index (χ0v) is 18.7. The summed E-state index contributed by atoms with van der Waals surface area (Å²) < 4.78 is 11.3. The molecule has 0 radical (unpaired) electrons. The Morgan fingerprint density at radius 1 is 0.971 bits per heavy atom. The molecular formula is C26H24N4O4. The van der Waals surface area contributed by atoms with E-state index in [0.717, 1.165) is 36.0 Å². The maximum absolute atomic E-state index is 13.3. The van der Waals surface area contributed by atoms with E-state index in [-0.39, 0.29) is 0 Å². The van der Waals surface area contributed by atoms with Crippen molar-refractivity contribution in [3.8, 4) is 28.1 Å². The summed E-state index contributed by atoms with van der Waals surface area (Å²) in [5, 5.41) is 0.571. The predicted octanol–water partition coefficient (Wildman–Crippen LogP) is 4.56. The van der Waals surface area contributed by atoms with E-state index in [1.54, 1.807) is 30.9 Å². The number of carbonyl (C=O) groups excluding carboxylic acids is 1. The minimum Gasteiger partial charge on any atom is -0.494 e. The SMILES string of the molecule is COc1c(-c2ccc(-c3ccncc3)cc2)nc2ccncc2c1C(=O)NOC1CCCCO1. The predicted molar refractivity (Wildman–Crippen MR) is 127 cm³/mol. The van der Waals surface area contributed by atoms with Gasteiger partial charge in [-0.25, -0.2) is 15.3 Å². The number of rotatable bonds is 6. The van der Waals surface area contributed by atoms with Crippen molar-refractivity contribution in [2.24, 2.45) is 0 Å². The Hall–Kier alpha value is -3.88. The van der Waals surface area contributed by atoms with Crippen molar-refractivity contribution in [3.05, 3.63) is 72.8 Å². The summed E-state index contributed by atoms with van der Waals surface area (Å²) in [7, 11) is 1.52. The third-order valence-electron chi connectivity index (χ3n) is 5.77. The molecule has 1 N–H and O–H groups in total. The van der Waals surface area contributed by atoms with Crippen LogP contribution in [-0.2, 0) is 9.57 Å². The summed E-state index contributed by atoms with van der Waals surface area (Å²) in [6.45, 7) is 0.617. The van der Waals surface area contributed by atoms with Crippen molar-refractivity contribution in [2.45, 2.75) is 25.6 Å². The zero-order valence-electron chi connectivity index (χ0n) is 18.7. The van der Waals surface area contributed by atoms with Crippen LogP contribution in [0.25, 0.3) is 33.3 Å². The second kappa shape index (κ2) is 9.94. The van der Waals surface area contributed by atoms with E-state index in [1.807, 2.05) is 36.4 Å². The standard InChI is InChI=1S/C26H24N4O4/c1-32-25-23(26(31)30-34-22-4-2-3-15-33-22)20-16-28-14-11-21(20)29-24(25)19-7-5-17(6-8-19)18-9-12-27-13-10-18/h5-14,16,22H,2-4,15H2,1H3,(H,30,31). The van der Waals surface area contributed by atoms with Gasteiger partial charge in [-0.1, -0.05) is 24.3 Å². The number of hydrogen-bond acceptors (Lipinski definition) is 7. The summed E-state index contributed by atoms with van der Waals surface area (Å²) in [5.41, 5.74) is 6.97. The Bertz CT molecular complexity index is 1290. The Kier molecular flexibility index (Phi) is 6.42. The molecule has 4 aromatic rings. The first-order valence-electron chi connectivity index (χ1n) is 11.1. The number of aromatic nitrogens is 3. The first-order valence-corrected chi connectivity index (χ1v) is 11.1. The minimum atomic E-state index is -0.463. The number of methoxy groups -OCH3 is 1. The van der Waals surface area contributed by atoms with Crippen molar-refractivity contribution in [1.82, 2.24) is 20.4 Å². The van der Waals surface area contributed by atoms with Crippen LogP contribution in [-0.4, -0.2) is 40.9 Å². The lowest BCUT2D eigenvalue weighted by Gasteiger charge is -2.22. The number of nitrogens with zero attached hydrogens (tertiary/aromatic N) is 3. The van der Waals surface area contributed by atoms with Crippen molar-refractivity contribution in [1.29, 1.82) is 0 Å². The highest BCUT2D eigenvalue weighted by Gasteiger charge is 2.24. The second-order valence-corrected chi connectivity index (χ2v) is 7.92. The van der Waals surface area contributed by atoms with Crippen LogP contribution < -0.4 is 10.2 Å². The third-order valence-corrected chi connectivity index (χ3v) is 5.77. The van der Waals surface area contributed by atoms with Gasteiger partial charge in [0.2, 0.25) is 0 Å². The molecule has 1 atom stereocenters. The van der Waals surface area contributed by atoms with Gasteiger partial charge in [0.1, 0.15) is 5.69 Å². The molecule has 8 nitrogen and oxygen atoms in total. The first kappa shape index (κ1) is 21.9. The second-order valence-electron chi connectivity index (χ2n) is 7.92. The maximum Gasteiger partial charge on any atom is 0.279 e. The van der Waals surface area contributed by atoms with Crippen LogP contribution in [0.15, 0.2) is 67.3 Å². The third kappa shape index (κ3) is 4.46. The normalized spacial score (nSPS) is 15.7. The molecule has 3 aromatic heterocycles. The molecule has 1 aliphatic heterocycles. The number of pyridine rings is 3. The van der Waals surface area contributed by atoms with Crippen molar-refractivity contribution >= 4 is 16.8 Å². The van der Waals surface area contributed by atoms with Gasteiger partial charge in [0.15, 0.2) is 12.0 Å². The number of hydroxylamine groups is 1. The summed E-state index contributed by atoms with van der Waals surface area (Å²) in [4.78, 5) is 31.9. The van der Waals surface area contributed by atoms with Crippen molar-refractivity contribution < 1.29 is 19.1 Å². The molecule has 8 heteroatoms. The fourth-order valence-electron chi connectivity index (χ4n) is 4.05. The smallest absolute Gasteiger partial charge is 0.279 e. The molecule has 1 fully saturated rings. The van der Waals surface area contributed by atoms with Crippen molar-refractivity contribution in [2.75, 3.05) is 13.7 Å². The van der Waals surface area contributed by atoms with Crippen molar-refractivity contribution in [3.63, 3.8) is 0 Å². The van der Waals surface area contributed by atoms with E-state index in [0.29, 0.717) is 34.5 Å². The molecule has 0 saturated carbocycles. The van der Waals surface area contributed by atoms with E-state index in [4.69, 9.17) is 19.3 Å². The largest absolute Gasteiger partial charge is 0.494 e. The summed E-state index contributed by atoms with van der Waals surface area (Å²) in [6, 6.07) is 13.6. The molecule has 34 heavy (non-hydrogen) atoms. The summed E-state index contributed by atoms with van der Waals surface area (Å²) in [5.74, 6) is -0.0936. The van der Waals surface area contributed by atoms with Gasteiger partial charge in [-0.05, 0) is 42.2 Å². The Morgan fingerprint density at radius 2 is 1.71 bits per heavy atom. The molecular weight excluding hydrogens is 432 g/mol. The highest BCUT2D eigenvalue weighted by Crippen LogP contribution is 2.36.